The van der Waals surface area contributed by atoms with Crippen LogP contribution >= 0.6 is 0 Å². The van der Waals surface area contributed by atoms with Crippen LogP contribution in [-0.4, -0.2) is 92.3 Å². The average Bonchev–Trinajstić information content (AvgIpc) is 3.46. The zero-order chi connectivity index (χ0) is 26.1. The number of hydrogen-bond acceptors (Lipinski definition) is 10. The summed E-state index contributed by atoms with van der Waals surface area (Å²) < 4.78 is 0. The Hall–Kier alpha value is -3.71. The van der Waals surface area contributed by atoms with Crippen LogP contribution in [0.3, 0.4) is 0 Å². The molecule has 196 valence electrons. The maximum absolute atomic E-state index is 13.4. The smallest absolute Gasteiger partial charge is 0.343 e. The minimum atomic E-state index is -2.56. The number of guanidine groups is 2. The highest BCUT2D eigenvalue weighted by molar-refractivity contribution is 6.02. The van der Waals surface area contributed by atoms with Crippen LogP contribution in [-0.2, 0) is 22.4 Å². The molecular weight excluding hydrogens is 480 g/mol. The summed E-state index contributed by atoms with van der Waals surface area (Å²) in [6.45, 7) is -0.153. The molecule has 3 amide bonds. The largest absolute Gasteiger partial charge is 0.370 e. The van der Waals surface area contributed by atoms with Gasteiger partial charge < -0.3 is 21.3 Å². The lowest BCUT2D eigenvalue weighted by Gasteiger charge is -2.46. The third-order valence-electron chi connectivity index (χ3n) is 8.35. The zero-order valence-electron chi connectivity index (χ0n) is 20.2. The molecule has 0 aromatic heterocycles. The Kier molecular flexibility index (Phi) is 5.21. The molecule has 1 aromatic carbocycles. The van der Waals surface area contributed by atoms with E-state index in [0.717, 1.165) is 41.7 Å². The number of aliphatic imine (C=N–C) groups is 1. The molecule has 1 aromatic rings. The van der Waals surface area contributed by atoms with Crippen molar-refractivity contribution in [3.05, 3.63) is 34.9 Å². The Morgan fingerprint density at radius 3 is 2.65 bits per heavy atom. The number of carbonyl (C=O) groups is 3. The van der Waals surface area contributed by atoms with E-state index in [2.05, 4.69) is 20.6 Å². The predicted molar refractivity (Wildman–Crippen MR) is 129 cm³/mol. The molecule has 4 heterocycles. The second kappa shape index (κ2) is 8.15. The highest BCUT2D eigenvalue weighted by Gasteiger charge is 2.76. The molecule has 0 unspecified atom stereocenters. The first-order chi connectivity index (χ1) is 17.6. The average molecular weight is 512 g/mol. The monoisotopic (exact) mass is 511 g/mol. The highest BCUT2D eigenvalue weighted by Crippen LogP contribution is 2.41. The Labute approximate surface area is 212 Å². The van der Waals surface area contributed by atoms with Crippen molar-refractivity contribution < 1.29 is 29.6 Å². The molecule has 6 rings (SSSR count). The Balaban J connectivity index is 1.31. The van der Waals surface area contributed by atoms with E-state index in [1.54, 1.807) is 6.07 Å². The number of carbonyl (C=O) groups excluding carboxylic acids is 3. The molecule has 1 spiro atoms. The van der Waals surface area contributed by atoms with Crippen molar-refractivity contribution in [2.75, 3.05) is 13.1 Å². The fourth-order valence-electron chi connectivity index (χ4n) is 6.56. The van der Waals surface area contributed by atoms with Crippen LogP contribution in [0.4, 0.5) is 0 Å². The predicted octanol–water partition coefficient (Wildman–Crippen LogP) is -4.43. The second-order valence-electron chi connectivity index (χ2n) is 10.4. The summed E-state index contributed by atoms with van der Waals surface area (Å²) in [5.41, 5.74) is 13.3. The molecule has 0 radical (unpaired) electrons. The minimum Gasteiger partial charge on any atom is -0.370 e. The zero-order valence-corrected chi connectivity index (χ0v) is 20.2. The molecule has 9 N–H and O–H groups in total. The van der Waals surface area contributed by atoms with E-state index in [4.69, 9.17) is 11.5 Å². The van der Waals surface area contributed by atoms with Crippen LogP contribution in [0, 0.1) is 0 Å². The lowest BCUT2D eigenvalue weighted by molar-refractivity contribution is -0.521. The summed E-state index contributed by atoms with van der Waals surface area (Å²) in [6, 6.07) is 2.76. The maximum Gasteiger partial charge on any atom is 0.343 e. The fraction of sp³-hybridized carbons (Fsp3) is 0.542. The standard InChI is InChI=1S/C24H30N8O5/c25-21-29-19-15(10-31-17(33)8-9-18(31)34)27-22(26)32-11-16(24(36,37)23(19,32)30-21)28-20(35)14-7-3-5-12-4-1-2-6-13(12)14/h3,5,7,15-16,19,36-37H,1-2,4,6,8-11H2,(H2,26,27)(H,28,35)(H3,25,29,30)/p+1/t15-,16-,19-,23-/m0/s1. The van der Waals surface area contributed by atoms with Gasteiger partial charge in [0.15, 0.2) is 12.0 Å². The molecule has 0 bridgehead atoms. The molecular formula is C24H31N8O5+. The number of nitrogens with two attached hydrogens (primary N) is 2. The second-order valence-corrected chi connectivity index (χ2v) is 10.4. The topological polar surface area (TPSA) is 201 Å². The Morgan fingerprint density at radius 1 is 1.16 bits per heavy atom. The van der Waals surface area contributed by atoms with Gasteiger partial charge in [-0.3, -0.25) is 34.9 Å². The van der Waals surface area contributed by atoms with Crippen molar-refractivity contribution in [3.63, 3.8) is 0 Å². The molecule has 2 saturated heterocycles. The number of amides is 3. The molecule has 1 aliphatic carbocycles. The van der Waals surface area contributed by atoms with Crippen molar-refractivity contribution in [1.29, 1.82) is 0 Å². The van der Waals surface area contributed by atoms with Crippen LogP contribution in [0.15, 0.2) is 23.2 Å². The minimum absolute atomic E-state index is 0.0225. The van der Waals surface area contributed by atoms with Gasteiger partial charge in [0, 0.05) is 18.4 Å². The number of imide groups is 1. The van der Waals surface area contributed by atoms with E-state index in [1.807, 2.05) is 12.1 Å². The molecule has 4 atom stereocenters. The van der Waals surface area contributed by atoms with Crippen LogP contribution in [0.5, 0.6) is 0 Å². The van der Waals surface area contributed by atoms with Crippen LogP contribution in [0.1, 0.15) is 47.2 Å². The van der Waals surface area contributed by atoms with Gasteiger partial charge in [-0.1, -0.05) is 12.1 Å². The summed E-state index contributed by atoms with van der Waals surface area (Å²) in [7, 11) is 0. The first-order valence-corrected chi connectivity index (χ1v) is 12.6. The van der Waals surface area contributed by atoms with Gasteiger partial charge in [0.1, 0.15) is 12.1 Å². The van der Waals surface area contributed by atoms with Gasteiger partial charge in [-0.05, 0) is 42.9 Å². The normalized spacial score (nSPS) is 31.8. The number of aliphatic hydroxyl groups is 2. The van der Waals surface area contributed by atoms with Gasteiger partial charge in [-0.25, -0.2) is 10.3 Å². The number of hydrogen-bond donors (Lipinski definition) is 7. The molecule has 37 heavy (non-hydrogen) atoms. The molecule has 13 heteroatoms. The number of benzene rings is 1. The number of rotatable bonds is 4. The number of fused-ring (bicyclic) bond motifs is 1. The molecule has 0 saturated carbocycles. The number of nitrogens with one attached hydrogen (secondary N) is 3. The first kappa shape index (κ1) is 23.7. The Morgan fingerprint density at radius 2 is 1.89 bits per heavy atom. The molecule has 5 aliphatic rings. The van der Waals surface area contributed by atoms with E-state index in [-0.39, 0.29) is 49.7 Å². The summed E-state index contributed by atoms with van der Waals surface area (Å²) in [5.74, 6) is -3.58. The lowest BCUT2D eigenvalue weighted by atomic mass is 9.84. The van der Waals surface area contributed by atoms with Gasteiger partial charge in [0.05, 0.1) is 13.1 Å². The van der Waals surface area contributed by atoms with Gasteiger partial charge in [-0.15, -0.1) is 0 Å². The van der Waals surface area contributed by atoms with Crippen molar-refractivity contribution in [1.82, 2.24) is 20.4 Å². The van der Waals surface area contributed by atoms with Crippen LogP contribution in [0.2, 0.25) is 0 Å². The van der Waals surface area contributed by atoms with Gasteiger partial charge in [-0.2, -0.15) is 0 Å². The van der Waals surface area contributed by atoms with Gasteiger partial charge in [0.2, 0.25) is 17.6 Å². The van der Waals surface area contributed by atoms with E-state index in [0.29, 0.717) is 5.56 Å². The SMILES string of the molecule is NC1=N[C@@H](CN2C(=O)CCC2=O)[C@@H]2[NH+]=C(N)N[C@]23N1C[C@H](NC(=O)c1cccc2c1CCCC2)C3(O)O. The highest BCUT2D eigenvalue weighted by atomic mass is 16.5. The summed E-state index contributed by atoms with van der Waals surface area (Å²) in [6.07, 6.45) is 3.99. The maximum atomic E-state index is 13.4. The summed E-state index contributed by atoms with van der Waals surface area (Å²) >= 11 is 0. The van der Waals surface area contributed by atoms with E-state index < -0.39 is 35.5 Å². The number of aryl methyl sites for hydroxylation is 1. The Bertz CT molecular complexity index is 1250. The molecule has 13 nitrogen and oxygen atoms in total. The number of likely N-dealkylation sites (tertiary alicyclic amines) is 1. The summed E-state index contributed by atoms with van der Waals surface area (Å²) in [5, 5.41) is 29.0. The van der Waals surface area contributed by atoms with E-state index in [1.165, 1.54) is 4.90 Å². The third-order valence-corrected chi connectivity index (χ3v) is 8.35. The molecule has 2 fully saturated rings. The van der Waals surface area contributed by atoms with Crippen LogP contribution in [0.25, 0.3) is 0 Å². The lowest BCUT2D eigenvalue weighted by Crippen LogP contribution is -2.90. The van der Waals surface area contributed by atoms with Gasteiger partial charge >= 0.3 is 5.96 Å². The van der Waals surface area contributed by atoms with Crippen molar-refractivity contribution in [2.45, 2.75) is 68.1 Å². The fourth-order valence-corrected chi connectivity index (χ4v) is 6.56. The van der Waals surface area contributed by atoms with Crippen LogP contribution < -0.4 is 27.1 Å². The molecule has 4 aliphatic heterocycles. The number of nitrogens with zero attached hydrogens (tertiary/aromatic N) is 3. The van der Waals surface area contributed by atoms with Crippen molar-refractivity contribution in [3.8, 4) is 0 Å². The quantitative estimate of drug-likeness (QED) is 0.154. The first-order valence-electron chi connectivity index (χ1n) is 12.6. The van der Waals surface area contributed by atoms with Crippen molar-refractivity contribution >= 4 is 29.6 Å². The summed E-state index contributed by atoms with van der Waals surface area (Å²) in [4.78, 5) is 48.0. The third kappa shape index (κ3) is 3.33. The van der Waals surface area contributed by atoms with Crippen molar-refractivity contribution in [2.24, 2.45) is 16.5 Å². The van der Waals surface area contributed by atoms with Gasteiger partial charge in [0.25, 0.3) is 11.6 Å². The van der Waals surface area contributed by atoms with E-state index >= 15 is 0 Å². The van der Waals surface area contributed by atoms with E-state index in [9.17, 15) is 24.6 Å².